The molecule has 13 heteroatoms. The van der Waals surface area contributed by atoms with Crippen LogP contribution in [0.25, 0.3) is 11.0 Å². The van der Waals surface area contributed by atoms with Crippen molar-refractivity contribution in [1.29, 1.82) is 0 Å². The fraction of sp³-hybridized carbons (Fsp3) is 0.542. The van der Waals surface area contributed by atoms with Crippen molar-refractivity contribution in [2.75, 3.05) is 13.2 Å². The molecule has 3 N–H and O–H groups in total. The number of carbonyl (C=O) groups excluding carboxylic acids is 1. The number of aromatic nitrogens is 4. The van der Waals surface area contributed by atoms with Crippen molar-refractivity contribution in [2.45, 2.75) is 62.8 Å². The Balaban J connectivity index is 1.53. The molecule has 5 rings (SSSR count). The van der Waals surface area contributed by atoms with Gasteiger partial charge in [-0.05, 0) is 49.7 Å². The summed E-state index contributed by atoms with van der Waals surface area (Å²) >= 11 is 0. The first-order chi connectivity index (χ1) is 17.6. The molecule has 1 saturated carbocycles. The van der Waals surface area contributed by atoms with Gasteiger partial charge in [0.2, 0.25) is 5.92 Å². The molecule has 0 radical (unpaired) electrons. The van der Waals surface area contributed by atoms with Gasteiger partial charge in [-0.1, -0.05) is 11.2 Å². The maximum atomic E-state index is 15.8. The van der Waals surface area contributed by atoms with Crippen LogP contribution in [0, 0.1) is 18.7 Å². The summed E-state index contributed by atoms with van der Waals surface area (Å²) in [6, 6.07) is 2.12. The van der Waals surface area contributed by atoms with E-state index in [4.69, 9.17) is 4.74 Å². The quantitative estimate of drug-likeness (QED) is 0.444. The van der Waals surface area contributed by atoms with Crippen LogP contribution in [0.3, 0.4) is 0 Å². The number of H-pyrrole nitrogens is 1. The highest BCUT2D eigenvalue weighted by Crippen LogP contribution is 2.42. The molecule has 0 bridgehead atoms. The third kappa shape index (κ3) is 4.56. The minimum Gasteiger partial charge on any atom is -0.481 e. The standard InChI is InChI=1S/C24H26F3N5O5/c1-12-17(32-37-31-12)21(33)30-18(13-4-6-24(26,27)7-5-13)20-28-15-3-2-14(16(25)19(15)29-20)23(22(34)35)8-10-36-11-9-23/h2-3,13,18H,4-11H2,1H3,(H,28,29)(H,30,33)(H,34,35). The lowest BCUT2D eigenvalue weighted by atomic mass is 9.74. The second-order valence-electron chi connectivity index (χ2n) is 9.79. The fourth-order valence-corrected chi connectivity index (χ4v) is 5.35. The van der Waals surface area contributed by atoms with Crippen LogP contribution in [0.5, 0.6) is 0 Å². The lowest BCUT2D eigenvalue weighted by Gasteiger charge is -2.33. The van der Waals surface area contributed by atoms with Crippen molar-refractivity contribution in [2.24, 2.45) is 5.92 Å². The van der Waals surface area contributed by atoms with Gasteiger partial charge in [-0.25, -0.2) is 22.8 Å². The van der Waals surface area contributed by atoms with Crippen molar-refractivity contribution < 1.29 is 37.2 Å². The van der Waals surface area contributed by atoms with E-state index in [1.807, 2.05) is 0 Å². The number of alkyl halides is 2. The average Bonchev–Trinajstić information content (AvgIpc) is 3.50. The van der Waals surface area contributed by atoms with Crippen molar-refractivity contribution in [3.63, 3.8) is 0 Å². The number of benzene rings is 1. The zero-order valence-electron chi connectivity index (χ0n) is 20.0. The highest BCUT2D eigenvalue weighted by molar-refractivity contribution is 5.93. The van der Waals surface area contributed by atoms with Gasteiger partial charge in [0.1, 0.15) is 17.0 Å². The number of hydrogen-bond donors (Lipinski definition) is 3. The second kappa shape index (κ2) is 9.43. The number of aryl methyl sites for hydroxylation is 1. The molecule has 2 aromatic heterocycles. The van der Waals surface area contributed by atoms with Gasteiger partial charge >= 0.3 is 5.97 Å². The third-order valence-electron chi connectivity index (χ3n) is 7.56. The molecular formula is C24H26F3N5O5. The Morgan fingerprint density at radius 1 is 1.16 bits per heavy atom. The van der Waals surface area contributed by atoms with Gasteiger partial charge in [-0.2, -0.15) is 0 Å². The Hall–Kier alpha value is -3.48. The van der Waals surface area contributed by atoms with Gasteiger partial charge in [0, 0.05) is 31.6 Å². The second-order valence-corrected chi connectivity index (χ2v) is 9.79. The van der Waals surface area contributed by atoms with Crippen LogP contribution in [-0.2, 0) is 14.9 Å². The van der Waals surface area contributed by atoms with E-state index in [9.17, 15) is 23.5 Å². The largest absolute Gasteiger partial charge is 0.481 e. The number of carboxylic acids is 1. The fourth-order valence-electron chi connectivity index (χ4n) is 5.35. The number of aliphatic carboxylic acids is 1. The Morgan fingerprint density at radius 2 is 1.86 bits per heavy atom. The molecule has 1 saturated heterocycles. The van der Waals surface area contributed by atoms with E-state index in [1.165, 1.54) is 13.0 Å². The number of carbonyl (C=O) groups is 2. The zero-order valence-corrected chi connectivity index (χ0v) is 20.0. The molecule has 37 heavy (non-hydrogen) atoms. The number of fused-ring (bicyclic) bond motifs is 1. The molecule has 1 aliphatic carbocycles. The Kier molecular flexibility index (Phi) is 6.42. The van der Waals surface area contributed by atoms with Crippen LogP contribution in [0.15, 0.2) is 16.8 Å². The van der Waals surface area contributed by atoms with Crippen molar-refractivity contribution >= 4 is 22.9 Å². The molecule has 1 aromatic carbocycles. The SMILES string of the molecule is Cc1nonc1C(=O)NC(c1nc2c(F)c(C3(C(=O)O)CCOCC3)ccc2[nH]1)C1CCC(F)(F)CC1. The average molecular weight is 521 g/mol. The summed E-state index contributed by atoms with van der Waals surface area (Å²) in [5, 5.41) is 20.0. The predicted molar refractivity (Wildman–Crippen MR) is 122 cm³/mol. The first kappa shape index (κ1) is 25.2. The van der Waals surface area contributed by atoms with Crippen LogP contribution in [0.4, 0.5) is 13.2 Å². The maximum Gasteiger partial charge on any atom is 0.314 e. The number of ether oxygens (including phenoxy) is 1. The highest BCUT2D eigenvalue weighted by Gasteiger charge is 2.45. The normalized spacial score (nSPS) is 20.5. The van der Waals surface area contributed by atoms with E-state index in [0.717, 1.165) is 0 Å². The summed E-state index contributed by atoms with van der Waals surface area (Å²) in [7, 11) is 0. The summed E-state index contributed by atoms with van der Waals surface area (Å²) in [6.07, 6.45) is -0.251. The Labute approximate surface area is 208 Å². The highest BCUT2D eigenvalue weighted by atomic mass is 19.3. The lowest BCUT2D eigenvalue weighted by Crippen LogP contribution is -2.42. The molecule has 1 unspecified atom stereocenters. The summed E-state index contributed by atoms with van der Waals surface area (Å²) < 4.78 is 53.5. The number of amides is 1. The summed E-state index contributed by atoms with van der Waals surface area (Å²) in [6.45, 7) is 1.91. The molecule has 10 nitrogen and oxygen atoms in total. The summed E-state index contributed by atoms with van der Waals surface area (Å²) in [5.74, 6) is -5.57. The molecule has 1 aliphatic heterocycles. The first-order valence-corrected chi connectivity index (χ1v) is 12.1. The summed E-state index contributed by atoms with van der Waals surface area (Å²) in [4.78, 5) is 32.6. The minimum atomic E-state index is -2.79. The van der Waals surface area contributed by atoms with Gasteiger partial charge in [-0.3, -0.25) is 9.59 Å². The molecule has 3 aromatic rings. The van der Waals surface area contributed by atoms with E-state index >= 15 is 4.39 Å². The number of nitrogens with zero attached hydrogens (tertiary/aromatic N) is 3. The number of nitrogens with one attached hydrogen (secondary N) is 2. The molecule has 3 heterocycles. The van der Waals surface area contributed by atoms with E-state index in [1.54, 1.807) is 6.07 Å². The number of halogens is 3. The van der Waals surface area contributed by atoms with Gasteiger partial charge in [-0.15, -0.1) is 0 Å². The number of aromatic amines is 1. The van der Waals surface area contributed by atoms with Crippen LogP contribution in [0.2, 0.25) is 0 Å². The lowest BCUT2D eigenvalue weighted by molar-refractivity contribution is -0.148. The van der Waals surface area contributed by atoms with Gasteiger partial charge in [0.15, 0.2) is 11.5 Å². The number of carboxylic acid groups (broad SMARTS) is 1. The molecular weight excluding hydrogens is 495 g/mol. The maximum absolute atomic E-state index is 15.8. The Bertz CT molecular complexity index is 1320. The van der Waals surface area contributed by atoms with Crippen molar-refractivity contribution in [3.05, 3.63) is 40.7 Å². The first-order valence-electron chi connectivity index (χ1n) is 12.1. The van der Waals surface area contributed by atoms with Crippen LogP contribution in [-0.4, -0.2) is 56.4 Å². The molecule has 1 amide bonds. The Morgan fingerprint density at radius 3 is 2.49 bits per heavy atom. The minimum absolute atomic E-state index is 0.0102. The third-order valence-corrected chi connectivity index (χ3v) is 7.56. The number of rotatable bonds is 6. The van der Waals surface area contributed by atoms with E-state index < -0.39 is 41.0 Å². The topological polar surface area (TPSA) is 143 Å². The van der Waals surface area contributed by atoms with E-state index in [0.29, 0.717) is 5.52 Å². The molecule has 198 valence electrons. The molecule has 1 atom stereocenters. The molecule has 2 aliphatic rings. The van der Waals surface area contributed by atoms with Crippen molar-refractivity contribution in [1.82, 2.24) is 25.6 Å². The molecule has 2 fully saturated rings. The number of hydrogen-bond acceptors (Lipinski definition) is 7. The monoisotopic (exact) mass is 521 g/mol. The zero-order chi connectivity index (χ0) is 26.4. The van der Waals surface area contributed by atoms with Gasteiger partial charge in [0.25, 0.3) is 5.91 Å². The van der Waals surface area contributed by atoms with Crippen LogP contribution >= 0.6 is 0 Å². The van der Waals surface area contributed by atoms with Crippen LogP contribution in [0.1, 0.15) is 72.1 Å². The summed E-state index contributed by atoms with van der Waals surface area (Å²) in [5.41, 5.74) is -1.03. The smallest absolute Gasteiger partial charge is 0.314 e. The van der Waals surface area contributed by atoms with Crippen LogP contribution < -0.4 is 5.32 Å². The van der Waals surface area contributed by atoms with Gasteiger partial charge in [0.05, 0.1) is 17.0 Å². The van der Waals surface area contributed by atoms with E-state index in [2.05, 4.69) is 30.2 Å². The van der Waals surface area contributed by atoms with E-state index in [-0.39, 0.29) is 80.0 Å². The molecule has 0 spiro atoms. The number of imidazole rings is 1. The van der Waals surface area contributed by atoms with Gasteiger partial charge < -0.3 is 20.1 Å². The van der Waals surface area contributed by atoms with Crippen molar-refractivity contribution in [3.8, 4) is 0 Å². The predicted octanol–water partition coefficient (Wildman–Crippen LogP) is 3.82.